The van der Waals surface area contributed by atoms with E-state index in [0.29, 0.717) is 6.54 Å². The predicted octanol–water partition coefficient (Wildman–Crippen LogP) is 2.81. The van der Waals surface area contributed by atoms with Gasteiger partial charge in [0.2, 0.25) is 0 Å². The molecular weight excluding hydrogens is 278 g/mol. The quantitative estimate of drug-likeness (QED) is 0.897. The Kier molecular flexibility index (Phi) is 5.29. The summed E-state index contributed by atoms with van der Waals surface area (Å²) in [4.78, 5) is 14.4. The van der Waals surface area contributed by atoms with Crippen LogP contribution in [0.3, 0.4) is 0 Å². The molecule has 1 unspecified atom stereocenters. The van der Waals surface area contributed by atoms with E-state index in [1.165, 1.54) is 12.8 Å². The van der Waals surface area contributed by atoms with Gasteiger partial charge in [0, 0.05) is 25.3 Å². The highest BCUT2D eigenvalue weighted by molar-refractivity contribution is 5.69. The molecule has 0 spiro atoms. The Morgan fingerprint density at radius 3 is 2.55 bits per heavy atom. The van der Waals surface area contributed by atoms with Crippen LogP contribution in [0.2, 0.25) is 0 Å². The Morgan fingerprint density at radius 1 is 1.32 bits per heavy atom. The van der Waals surface area contributed by atoms with Crippen LogP contribution in [0.1, 0.15) is 45.2 Å². The van der Waals surface area contributed by atoms with Crippen molar-refractivity contribution in [2.24, 2.45) is 5.73 Å². The van der Waals surface area contributed by atoms with Crippen LogP contribution in [0.15, 0.2) is 24.3 Å². The van der Waals surface area contributed by atoms with E-state index in [1.807, 2.05) is 39.0 Å². The van der Waals surface area contributed by atoms with Crippen LogP contribution in [0, 0.1) is 0 Å². The fraction of sp³-hybridized carbons (Fsp3) is 0.588. The van der Waals surface area contributed by atoms with Gasteiger partial charge in [0.05, 0.1) is 6.04 Å². The molecule has 1 heterocycles. The zero-order chi connectivity index (χ0) is 16.2. The van der Waals surface area contributed by atoms with Gasteiger partial charge >= 0.3 is 6.09 Å². The smallest absolute Gasteiger partial charge is 0.408 e. The summed E-state index contributed by atoms with van der Waals surface area (Å²) in [6.07, 6.45) is 1.99. The minimum atomic E-state index is -0.516. The molecule has 5 heteroatoms. The summed E-state index contributed by atoms with van der Waals surface area (Å²) in [5, 5.41) is 2.89. The van der Waals surface area contributed by atoms with Crippen molar-refractivity contribution in [3.8, 4) is 0 Å². The largest absolute Gasteiger partial charge is 0.444 e. The van der Waals surface area contributed by atoms with Gasteiger partial charge in [0.15, 0.2) is 0 Å². The van der Waals surface area contributed by atoms with Crippen LogP contribution < -0.4 is 16.0 Å². The van der Waals surface area contributed by atoms with Crippen LogP contribution in [0.5, 0.6) is 0 Å². The van der Waals surface area contributed by atoms with E-state index in [4.69, 9.17) is 10.5 Å². The van der Waals surface area contributed by atoms with Crippen molar-refractivity contribution in [2.45, 2.75) is 45.3 Å². The summed E-state index contributed by atoms with van der Waals surface area (Å²) in [6, 6.07) is 7.89. The second-order valence-electron chi connectivity index (χ2n) is 6.69. The molecule has 122 valence electrons. The number of alkyl carbamates (subject to hydrolysis) is 1. The first kappa shape index (κ1) is 16.6. The zero-order valence-corrected chi connectivity index (χ0v) is 13.8. The van der Waals surface area contributed by atoms with E-state index in [9.17, 15) is 4.79 Å². The molecule has 3 N–H and O–H groups in total. The minimum absolute atomic E-state index is 0.244. The number of para-hydroxylation sites is 1. The maximum absolute atomic E-state index is 12.0. The molecule has 0 radical (unpaired) electrons. The van der Waals surface area contributed by atoms with Crippen molar-refractivity contribution < 1.29 is 9.53 Å². The minimum Gasteiger partial charge on any atom is -0.444 e. The molecule has 1 saturated heterocycles. The fourth-order valence-electron chi connectivity index (χ4n) is 2.74. The van der Waals surface area contributed by atoms with Gasteiger partial charge in [-0.05, 0) is 45.2 Å². The standard InChI is InChI=1S/C17H27N3O2/c1-17(2,3)22-16(21)19-14(12-18)13-8-4-5-9-15(13)20-10-6-7-11-20/h4-5,8-9,14H,6-7,10-12,18H2,1-3H3,(H,19,21). The van der Waals surface area contributed by atoms with Crippen molar-refractivity contribution in [2.75, 3.05) is 24.5 Å². The Hall–Kier alpha value is -1.75. The number of amides is 1. The topological polar surface area (TPSA) is 67.6 Å². The lowest BCUT2D eigenvalue weighted by Crippen LogP contribution is -2.38. The predicted molar refractivity (Wildman–Crippen MR) is 89.1 cm³/mol. The lowest BCUT2D eigenvalue weighted by Gasteiger charge is -2.27. The number of ether oxygens (including phenoxy) is 1. The Balaban J connectivity index is 2.15. The molecule has 22 heavy (non-hydrogen) atoms. The van der Waals surface area contributed by atoms with E-state index in [0.717, 1.165) is 24.3 Å². The maximum Gasteiger partial charge on any atom is 0.408 e. The second-order valence-corrected chi connectivity index (χ2v) is 6.69. The van der Waals surface area contributed by atoms with Gasteiger partial charge in [-0.25, -0.2) is 4.79 Å². The number of nitrogens with zero attached hydrogens (tertiary/aromatic N) is 1. The highest BCUT2D eigenvalue weighted by atomic mass is 16.6. The van der Waals surface area contributed by atoms with Crippen molar-refractivity contribution >= 4 is 11.8 Å². The van der Waals surface area contributed by atoms with Crippen molar-refractivity contribution in [3.05, 3.63) is 29.8 Å². The van der Waals surface area contributed by atoms with Gasteiger partial charge in [-0.15, -0.1) is 0 Å². The molecule has 1 aromatic rings. The molecule has 1 amide bonds. The van der Waals surface area contributed by atoms with Crippen LogP contribution in [-0.4, -0.2) is 31.3 Å². The highest BCUT2D eigenvalue weighted by Gasteiger charge is 2.23. The Morgan fingerprint density at radius 2 is 1.95 bits per heavy atom. The Bertz CT molecular complexity index is 505. The number of benzene rings is 1. The van der Waals surface area contributed by atoms with Gasteiger partial charge < -0.3 is 20.7 Å². The molecular formula is C17H27N3O2. The molecule has 1 aromatic carbocycles. The van der Waals surface area contributed by atoms with Crippen LogP contribution >= 0.6 is 0 Å². The molecule has 1 aliphatic rings. The second kappa shape index (κ2) is 7.01. The van der Waals surface area contributed by atoms with Gasteiger partial charge in [-0.2, -0.15) is 0 Å². The third-order valence-electron chi connectivity index (χ3n) is 3.69. The average Bonchev–Trinajstić information content (AvgIpc) is 2.97. The van der Waals surface area contributed by atoms with Gasteiger partial charge in [0.1, 0.15) is 5.60 Å². The summed E-state index contributed by atoms with van der Waals surface area (Å²) in [7, 11) is 0. The first-order valence-electron chi connectivity index (χ1n) is 7.94. The number of nitrogens with one attached hydrogen (secondary N) is 1. The van der Waals surface area contributed by atoms with E-state index in [-0.39, 0.29) is 6.04 Å². The van der Waals surface area contributed by atoms with Crippen LogP contribution in [0.25, 0.3) is 0 Å². The first-order chi connectivity index (χ1) is 10.4. The molecule has 0 aliphatic carbocycles. The molecule has 1 aliphatic heterocycles. The van der Waals surface area contributed by atoms with Gasteiger partial charge in [-0.1, -0.05) is 18.2 Å². The summed E-state index contributed by atoms with van der Waals surface area (Å²) in [5.74, 6) is 0. The molecule has 1 fully saturated rings. The lowest BCUT2D eigenvalue weighted by atomic mass is 10.0. The third-order valence-corrected chi connectivity index (χ3v) is 3.69. The van der Waals surface area contributed by atoms with E-state index in [1.54, 1.807) is 0 Å². The lowest BCUT2D eigenvalue weighted by molar-refractivity contribution is 0.0505. The number of carbonyl (C=O) groups excluding carboxylic acids is 1. The molecule has 5 nitrogen and oxygen atoms in total. The molecule has 0 saturated carbocycles. The summed E-state index contributed by atoms with van der Waals surface area (Å²) < 4.78 is 5.34. The summed E-state index contributed by atoms with van der Waals surface area (Å²) in [5.41, 5.74) is 7.59. The fourth-order valence-corrected chi connectivity index (χ4v) is 2.74. The zero-order valence-electron chi connectivity index (χ0n) is 13.8. The summed E-state index contributed by atoms with van der Waals surface area (Å²) in [6.45, 7) is 8.00. The number of nitrogens with two attached hydrogens (primary N) is 1. The number of anilines is 1. The first-order valence-corrected chi connectivity index (χ1v) is 7.94. The SMILES string of the molecule is CC(C)(C)OC(=O)NC(CN)c1ccccc1N1CCCC1. The van der Waals surface area contributed by atoms with E-state index in [2.05, 4.69) is 16.3 Å². The van der Waals surface area contributed by atoms with Gasteiger partial charge in [0.25, 0.3) is 0 Å². The Labute approximate surface area is 132 Å². The van der Waals surface area contributed by atoms with Gasteiger partial charge in [-0.3, -0.25) is 0 Å². The van der Waals surface area contributed by atoms with Crippen molar-refractivity contribution in [3.63, 3.8) is 0 Å². The number of hydrogen-bond donors (Lipinski definition) is 2. The molecule has 0 aromatic heterocycles. The van der Waals surface area contributed by atoms with Crippen molar-refractivity contribution in [1.82, 2.24) is 5.32 Å². The molecule has 1 atom stereocenters. The number of hydrogen-bond acceptors (Lipinski definition) is 4. The van der Waals surface area contributed by atoms with Crippen LogP contribution in [-0.2, 0) is 4.74 Å². The van der Waals surface area contributed by atoms with Crippen molar-refractivity contribution in [1.29, 1.82) is 0 Å². The monoisotopic (exact) mass is 305 g/mol. The van der Waals surface area contributed by atoms with E-state index >= 15 is 0 Å². The third kappa shape index (κ3) is 4.37. The maximum atomic E-state index is 12.0. The number of carbonyl (C=O) groups is 1. The van der Waals surface area contributed by atoms with Crippen LogP contribution in [0.4, 0.5) is 10.5 Å². The summed E-state index contributed by atoms with van der Waals surface area (Å²) >= 11 is 0. The number of rotatable bonds is 4. The molecule has 0 bridgehead atoms. The average molecular weight is 305 g/mol. The van der Waals surface area contributed by atoms with E-state index < -0.39 is 11.7 Å². The highest BCUT2D eigenvalue weighted by Crippen LogP contribution is 2.29. The molecule has 2 rings (SSSR count). The normalized spacial score (nSPS) is 16.5.